The SMILES string of the molecule is CC(F)(F)c1ccc(Oc2cccc3cc(C(=O)N4CCC(CN)C4)ccc23)cc1. The molecule has 0 spiro atoms. The number of alkyl halides is 2. The van der Waals surface area contributed by atoms with Crippen LogP contribution in [0.15, 0.2) is 60.7 Å². The minimum Gasteiger partial charge on any atom is -0.457 e. The lowest BCUT2D eigenvalue weighted by molar-refractivity contribution is 0.0174. The van der Waals surface area contributed by atoms with Crippen LogP contribution in [0.4, 0.5) is 8.78 Å². The highest BCUT2D eigenvalue weighted by Gasteiger charge is 2.26. The van der Waals surface area contributed by atoms with Crippen LogP contribution in [-0.2, 0) is 5.92 Å². The molecule has 1 saturated heterocycles. The average molecular weight is 410 g/mol. The fourth-order valence-corrected chi connectivity index (χ4v) is 3.81. The number of benzene rings is 3. The summed E-state index contributed by atoms with van der Waals surface area (Å²) >= 11 is 0. The van der Waals surface area contributed by atoms with Crippen molar-refractivity contribution in [1.82, 2.24) is 4.90 Å². The number of hydrogen-bond donors (Lipinski definition) is 1. The lowest BCUT2D eigenvalue weighted by atomic mass is 10.1. The van der Waals surface area contributed by atoms with E-state index in [0.29, 0.717) is 36.1 Å². The Kier molecular flexibility index (Phi) is 5.43. The van der Waals surface area contributed by atoms with Crippen molar-refractivity contribution in [3.05, 3.63) is 71.8 Å². The fourth-order valence-electron chi connectivity index (χ4n) is 3.81. The van der Waals surface area contributed by atoms with Crippen molar-refractivity contribution in [2.75, 3.05) is 19.6 Å². The number of fused-ring (bicyclic) bond motifs is 1. The van der Waals surface area contributed by atoms with Crippen molar-refractivity contribution < 1.29 is 18.3 Å². The van der Waals surface area contributed by atoms with Crippen LogP contribution < -0.4 is 10.5 Å². The number of ether oxygens (including phenoxy) is 1. The van der Waals surface area contributed by atoms with E-state index < -0.39 is 5.92 Å². The van der Waals surface area contributed by atoms with Gasteiger partial charge in [-0.15, -0.1) is 0 Å². The van der Waals surface area contributed by atoms with Crippen LogP contribution in [0.3, 0.4) is 0 Å². The molecule has 156 valence electrons. The summed E-state index contributed by atoms with van der Waals surface area (Å²) in [6, 6.07) is 16.9. The topological polar surface area (TPSA) is 55.6 Å². The molecule has 0 aliphatic carbocycles. The van der Waals surface area contributed by atoms with Gasteiger partial charge in [-0.25, -0.2) is 8.78 Å². The molecule has 0 saturated carbocycles. The van der Waals surface area contributed by atoms with Crippen molar-refractivity contribution in [2.24, 2.45) is 11.7 Å². The Morgan fingerprint density at radius 3 is 2.60 bits per heavy atom. The molecule has 3 aromatic rings. The monoisotopic (exact) mass is 410 g/mol. The van der Waals surface area contributed by atoms with Crippen LogP contribution in [0.1, 0.15) is 29.3 Å². The van der Waals surface area contributed by atoms with Gasteiger partial charge in [0.25, 0.3) is 11.8 Å². The van der Waals surface area contributed by atoms with Gasteiger partial charge in [-0.2, -0.15) is 0 Å². The van der Waals surface area contributed by atoms with Gasteiger partial charge in [0.05, 0.1) is 0 Å². The van der Waals surface area contributed by atoms with E-state index in [1.54, 1.807) is 6.07 Å². The zero-order valence-corrected chi connectivity index (χ0v) is 16.8. The number of hydrogen-bond acceptors (Lipinski definition) is 3. The molecule has 2 N–H and O–H groups in total. The summed E-state index contributed by atoms with van der Waals surface area (Å²) in [6.45, 7) is 2.89. The standard InChI is InChI=1S/C24H24F2N2O2/c1-24(25,26)19-6-8-20(9-7-19)30-22-4-2-3-17-13-18(5-10-21(17)22)23(29)28-12-11-16(14-27)15-28/h2-10,13,16H,11-12,14-15,27H2,1H3. The van der Waals surface area contributed by atoms with Crippen molar-refractivity contribution in [2.45, 2.75) is 19.3 Å². The van der Waals surface area contributed by atoms with Gasteiger partial charge in [0, 0.05) is 36.5 Å². The second kappa shape index (κ2) is 8.03. The van der Waals surface area contributed by atoms with E-state index in [4.69, 9.17) is 10.5 Å². The molecule has 6 heteroatoms. The van der Waals surface area contributed by atoms with Crippen molar-refractivity contribution in [3.8, 4) is 11.5 Å². The molecule has 1 amide bonds. The maximum atomic E-state index is 13.4. The lowest BCUT2D eigenvalue weighted by Gasteiger charge is -2.17. The quantitative estimate of drug-likeness (QED) is 0.632. The van der Waals surface area contributed by atoms with Gasteiger partial charge in [-0.1, -0.05) is 12.1 Å². The maximum absolute atomic E-state index is 13.4. The van der Waals surface area contributed by atoms with E-state index >= 15 is 0 Å². The molecule has 4 nitrogen and oxygen atoms in total. The van der Waals surface area contributed by atoms with Gasteiger partial charge in [-0.05, 0) is 72.8 Å². The Morgan fingerprint density at radius 1 is 1.17 bits per heavy atom. The number of carbonyl (C=O) groups is 1. The molecule has 0 aromatic heterocycles. The van der Waals surface area contributed by atoms with E-state index in [0.717, 1.165) is 30.7 Å². The van der Waals surface area contributed by atoms with Crippen LogP contribution in [0, 0.1) is 5.92 Å². The summed E-state index contributed by atoms with van der Waals surface area (Å²) in [4.78, 5) is 14.7. The Hall–Kier alpha value is -2.99. The second-order valence-electron chi connectivity index (χ2n) is 7.85. The van der Waals surface area contributed by atoms with Crippen molar-refractivity contribution in [1.29, 1.82) is 0 Å². The summed E-state index contributed by atoms with van der Waals surface area (Å²) < 4.78 is 32.7. The zero-order chi connectivity index (χ0) is 21.3. The zero-order valence-electron chi connectivity index (χ0n) is 16.8. The summed E-state index contributed by atoms with van der Waals surface area (Å²) in [7, 11) is 0. The largest absolute Gasteiger partial charge is 0.457 e. The molecule has 1 aliphatic rings. The first kappa shape index (κ1) is 20.3. The Balaban J connectivity index is 1.56. The second-order valence-corrected chi connectivity index (χ2v) is 7.85. The third kappa shape index (κ3) is 4.14. The van der Waals surface area contributed by atoms with Crippen molar-refractivity contribution >= 4 is 16.7 Å². The molecule has 4 rings (SSSR count). The number of likely N-dealkylation sites (tertiary alicyclic amines) is 1. The van der Waals surface area contributed by atoms with E-state index in [-0.39, 0.29) is 11.5 Å². The number of nitrogens with zero attached hydrogens (tertiary/aromatic N) is 1. The number of carbonyl (C=O) groups excluding carboxylic acids is 1. The minimum absolute atomic E-state index is 0.00949. The summed E-state index contributed by atoms with van der Waals surface area (Å²) in [5, 5.41) is 1.73. The number of halogens is 2. The molecule has 1 aliphatic heterocycles. The predicted molar refractivity (Wildman–Crippen MR) is 113 cm³/mol. The Morgan fingerprint density at radius 2 is 1.93 bits per heavy atom. The van der Waals surface area contributed by atoms with Gasteiger partial charge >= 0.3 is 0 Å². The first-order valence-electron chi connectivity index (χ1n) is 10.0. The average Bonchev–Trinajstić information content (AvgIpc) is 3.22. The summed E-state index contributed by atoms with van der Waals surface area (Å²) in [6.07, 6.45) is 0.941. The number of rotatable bonds is 5. The van der Waals surface area contributed by atoms with Crippen LogP contribution in [-0.4, -0.2) is 30.4 Å². The van der Waals surface area contributed by atoms with E-state index in [2.05, 4.69) is 0 Å². The molecular formula is C24H24F2N2O2. The first-order chi connectivity index (χ1) is 14.3. The highest BCUT2D eigenvalue weighted by atomic mass is 19.3. The highest BCUT2D eigenvalue weighted by molar-refractivity contribution is 6.00. The van der Waals surface area contributed by atoms with Gasteiger partial charge in [0.2, 0.25) is 0 Å². The van der Waals surface area contributed by atoms with Gasteiger partial charge in [0.15, 0.2) is 0 Å². The molecule has 30 heavy (non-hydrogen) atoms. The summed E-state index contributed by atoms with van der Waals surface area (Å²) in [5.41, 5.74) is 6.30. The van der Waals surface area contributed by atoms with E-state index in [9.17, 15) is 13.6 Å². The molecule has 1 fully saturated rings. The van der Waals surface area contributed by atoms with Gasteiger partial charge < -0.3 is 15.4 Å². The maximum Gasteiger partial charge on any atom is 0.270 e. The van der Waals surface area contributed by atoms with Crippen LogP contribution >= 0.6 is 0 Å². The molecule has 3 aromatic carbocycles. The number of amides is 1. The van der Waals surface area contributed by atoms with Gasteiger partial charge in [0.1, 0.15) is 11.5 Å². The van der Waals surface area contributed by atoms with Crippen molar-refractivity contribution in [3.63, 3.8) is 0 Å². The van der Waals surface area contributed by atoms with Crippen LogP contribution in [0.5, 0.6) is 11.5 Å². The van der Waals surface area contributed by atoms with Crippen LogP contribution in [0.25, 0.3) is 10.8 Å². The molecule has 1 atom stereocenters. The lowest BCUT2D eigenvalue weighted by Crippen LogP contribution is -2.29. The Labute approximate surface area is 174 Å². The van der Waals surface area contributed by atoms with E-state index in [1.165, 1.54) is 24.3 Å². The van der Waals surface area contributed by atoms with E-state index in [1.807, 2.05) is 35.2 Å². The predicted octanol–water partition coefficient (Wildman–Crippen LogP) is 5.16. The van der Waals surface area contributed by atoms with Gasteiger partial charge in [-0.3, -0.25) is 4.79 Å². The highest BCUT2D eigenvalue weighted by Crippen LogP contribution is 2.33. The third-order valence-corrected chi connectivity index (χ3v) is 5.58. The molecular weight excluding hydrogens is 386 g/mol. The molecule has 0 radical (unpaired) electrons. The normalized spacial score (nSPS) is 16.8. The molecule has 0 bridgehead atoms. The number of nitrogens with two attached hydrogens (primary N) is 1. The third-order valence-electron chi connectivity index (χ3n) is 5.58. The van der Waals surface area contributed by atoms with Crippen LogP contribution in [0.2, 0.25) is 0 Å². The minimum atomic E-state index is -2.89. The molecule has 1 unspecified atom stereocenters. The smallest absolute Gasteiger partial charge is 0.270 e. The Bertz CT molecular complexity index is 1060. The molecule has 1 heterocycles. The summed E-state index contributed by atoms with van der Waals surface area (Å²) in [5.74, 6) is -1.43. The first-order valence-corrected chi connectivity index (χ1v) is 10.0. The fraction of sp³-hybridized carbons (Fsp3) is 0.292.